The summed E-state index contributed by atoms with van der Waals surface area (Å²) in [5, 5.41) is 3.44. The van der Waals surface area contributed by atoms with Crippen LogP contribution in [0.2, 0.25) is 0 Å². The van der Waals surface area contributed by atoms with Crippen LogP contribution < -0.4 is 5.32 Å². The lowest BCUT2D eigenvalue weighted by Crippen LogP contribution is -2.51. The van der Waals surface area contributed by atoms with Crippen molar-refractivity contribution in [2.75, 3.05) is 5.32 Å². The second kappa shape index (κ2) is 4.65. The summed E-state index contributed by atoms with van der Waals surface area (Å²) in [5.74, 6) is 3.09. The quantitative estimate of drug-likeness (QED) is 0.814. The van der Waals surface area contributed by atoms with Crippen LogP contribution >= 0.6 is 0 Å². The molecule has 4 aliphatic carbocycles. The molecule has 1 aromatic carbocycles. The summed E-state index contributed by atoms with van der Waals surface area (Å²) in [6.45, 7) is 0. The molecule has 1 N–H and O–H groups in total. The van der Waals surface area contributed by atoms with Gasteiger partial charge < -0.3 is 5.32 Å². The third-order valence-corrected chi connectivity index (χ3v) is 5.75. The first-order chi connectivity index (χ1) is 9.99. The van der Waals surface area contributed by atoms with Gasteiger partial charge in [0.1, 0.15) is 0 Å². The Morgan fingerprint density at radius 2 is 1.52 bits per heavy atom. The Labute approximate surface area is 122 Å². The van der Waals surface area contributed by atoms with Gasteiger partial charge >= 0.3 is 6.18 Å². The summed E-state index contributed by atoms with van der Waals surface area (Å²) >= 11 is 0. The molecule has 1 nitrogen and oxygen atoms in total. The number of hydrogen-bond acceptors (Lipinski definition) is 1. The maximum Gasteiger partial charge on any atom is 0.416 e. The van der Waals surface area contributed by atoms with E-state index in [1.54, 1.807) is 6.07 Å². The largest absolute Gasteiger partial charge is 0.416 e. The van der Waals surface area contributed by atoms with Gasteiger partial charge in [0.05, 0.1) is 5.56 Å². The molecule has 5 rings (SSSR count). The molecule has 114 valence electrons. The molecular weight excluding hydrogens is 275 g/mol. The molecule has 0 heterocycles. The number of hydrogen-bond donors (Lipinski definition) is 1. The highest BCUT2D eigenvalue weighted by Gasteiger charge is 2.48. The zero-order valence-corrected chi connectivity index (χ0v) is 11.9. The standard InChI is InChI=1S/C17H20F3N/c18-17(19,20)14-2-1-3-15(9-14)21-16-12-5-10-4-11(7-12)8-13(16)6-10/h1-3,9-13,16,21H,4-8H2. The highest BCUT2D eigenvalue weighted by molar-refractivity contribution is 5.47. The summed E-state index contributed by atoms with van der Waals surface area (Å²) in [5.41, 5.74) is 0.0682. The Bertz CT molecular complexity index is 509. The lowest BCUT2D eigenvalue weighted by Gasteiger charge is -2.54. The van der Waals surface area contributed by atoms with Gasteiger partial charge in [-0.3, -0.25) is 0 Å². The van der Waals surface area contributed by atoms with Crippen molar-refractivity contribution in [3.05, 3.63) is 29.8 Å². The average Bonchev–Trinajstić information content (AvgIpc) is 2.41. The van der Waals surface area contributed by atoms with E-state index in [0.717, 1.165) is 17.9 Å². The van der Waals surface area contributed by atoms with Crippen molar-refractivity contribution in [3.63, 3.8) is 0 Å². The monoisotopic (exact) mass is 295 g/mol. The van der Waals surface area contributed by atoms with E-state index in [9.17, 15) is 13.2 Å². The molecule has 4 saturated carbocycles. The van der Waals surface area contributed by atoms with Crippen molar-refractivity contribution in [1.82, 2.24) is 0 Å². The molecule has 4 aliphatic rings. The van der Waals surface area contributed by atoms with Crippen molar-refractivity contribution in [1.29, 1.82) is 0 Å². The number of nitrogens with one attached hydrogen (secondary N) is 1. The maximum atomic E-state index is 12.8. The summed E-state index contributed by atoms with van der Waals surface area (Å²) in [6, 6.07) is 6.04. The minimum atomic E-state index is -4.26. The molecule has 0 atom stereocenters. The Kier molecular flexibility index (Phi) is 2.98. The van der Waals surface area contributed by atoms with Gasteiger partial charge in [-0.05, 0) is 74.0 Å². The van der Waals surface area contributed by atoms with E-state index < -0.39 is 11.7 Å². The van der Waals surface area contributed by atoms with E-state index in [4.69, 9.17) is 0 Å². The summed E-state index contributed by atoms with van der Waals surface area (Å²) < 4.78 is 38.4. The van der Waals surface area contributed by atoms with Crippen LogP contribution in [0.4, 0.5) is 18.9 Å². The van der Waals surface area contributed by atoms with E-state index >= 15 is 0 Å². The van der Waals surface area contributed by atoms with Gasteiger partial charge in [0.15, 0.2) is 0 Å². The minimum absolute atomic E-state index is 0.376. The summed E-state index contributed by atoms with van der Waals surface area (Å²) in [6.07, 6.45) is 2.20. The molecule has 4 fully saturated rings. The van der Waals surface area contributed by atoms with Crippen LogP contribution in [-0.4, -0.2) is 6.04 Å². The second-order valence-electron chi connectivity index (χ2n) is 7.18. The fourth-order valence-corrected chi connectivity index (χ4v) is 5.14. The van der Waals surface area contributed by atoms with Gasteiger partial charge in [0.2, 0.25) is 0 Å². The van der Waals surface area contributed by atoms with Gasteiger partial charge in [0, 0.05) is 11.7 Å². The van der Waals surface area contributed by atoms with Crippen LogP contribution in [0.1, 0.15) is 37.7 Å². The lowest BCUT2D eigenvalue weighted by molar-refractivity contribution is -0.137. The Balaban J connectivity index is 1.54. The molecule has 0 spiro atoms. The van der Waals surface area contributed by atoms with Crippen molar-refractivity contribution in [3.8, 4) is 0 Å². The lowest BCUT2D eigenvalue weighted by atomic mass is 9.54. The molecule has 0 aliphatic heterocycles. The third-order valence-electron chi connectivity index (χ3n) is 5.75. The second-order valence-corrected chi connectivity index (χ2v) is 7.18. The van der Waals surface area contributed by atoms with Crippen molar-refractivity contribution < 1.29 is 13.2 Å². The summed E-state index contributed by atoms with van der Waals surface area (Å²) in [7, 11) is 0. The number of alkyl halides is 3. The highest BCUT2D eigenvalue weighted by atomic mass is 19.4. The van der Waals surface area contributed by atoms with Gasteiger partial charge in [0.25, 0.3) is 0 Å². The number of rotatable bonds is 2. The van der Waals surface area contributed by atoms with E-state index in [1.807, 2.05) is 0 Å². The Morgan fingerprint density at radius 3 is 2.10 bits per heavy atom. The van der Waals surface area contributed by atoms with Crippen molar-refractivity contribution in [2.45, 2.75) is 44.3 Å². The third kappa shape index (κ3) is 2.43. The zero-order chi connectivity index (χ0) is 14.6. The topological polar surface area (TPSA) is 12.0 Å². The molecule has 0 radical (unpaired) electrons. The minimum Gasteiger partial charge on any atom is -0.382 e. The average molecular weight is 295 g/mol. The van der Waals surface area contributed by atoms with E-state index in [-0.39, 0.29) is 0 Å². The first-order valence-electron chi connectivity index (χ1n) is 7.93. The fraction of sp³-hybridized carbons (Fsp3) is 0.647. The van der Waals surface area contributed by atoms with Gasteiger partial charge in [-0.15, -0.1) is 0 Å². The maximum absolute atomic E-state index is 12.8. The zero-order valence-electron chi connectivity index (χ0n) is 11.9. The molecular formula is C17H20F3N. The van der Waals surface area contributed by atoms with Gasteiger partial charge in [-0.2, -0.15) is 13.2 Å². The molecule has 0 amide bonds. The first-order valence-corrected chi connectivity index (χ1v) is 7.93. The molecule has 4 bridgehead atoms. The van der Waals surface area contributed by atoms with Crippen molar-refractivity contribution >= 4 is 5.69 Å². The number of halogens is 3. The predicted molar refractivity (Wildman–Crippen MR) is 75.9 cm³/mol. The molecule has 1 aromatic rings. The van der Waals surface area contributed by atoms with Crippen LogP contribution in [0.25, 0.3) is 0 Å². The van der Waals surface area contributed by atoms with E-state index in [1.165, 1.54) is 44.2 Å². The van der Waals surface area contributed by atoms with Crippen molar-refractivity contribution in [2.24, 2.45) is 23.7 Å². The normalized spacial score (nSPS) is 37.8. The van der Waals surface area contributed by atoms with E-state index in [2.05, 4.69) is 5.32 Å². The van der Waals surface area contributed by atoms with Crippen LogP contribution in [0.5, 0.6) is 0 Å². The van der Waals surface area contributed by atoms with Crippen LogP contribution in [0.15, 0.2) is 24.3 Å². The smallest absolute Gasteiger partial charge is 0.382 e. The number of benzene rings is 1. The van der Waals surface area contributed by atoms with E-state index in [0.29, 0.717) is 23.6 Å². The SMILES string of the molecule is FC(F)(F)c1cccc(NC2C3CC4CC(C3)CC2C4)c1. The number of anilines is 1. The molecule has 0 unspecified atom stereocenters. The summed E-state index contributed by atoms with van der Waals surface area (Å²) in [4.78, 5) is 0. The van der Waals surface area contributed by atoms with Crippen LogP contribution in [0, 0.1) is 23.7 Å². The molecule has 4 heteroatoms. The predicted octanol–water partition coefficient (Wildman–Crippen LogP) is 4.94. The molecule has 0 saturated heterocycles. The highest BCUT2D eigenvalue weighted by Crippen LogP contribution is 2.54. The first kappa shape index (κ1) is 13.5. The van der Waals surface area contributed by atoms with Crippen LogP contribution in [0.3, 0.4) is 0 Å². The molecule has 0 aromatic heterocycles. The van der Waals surface area contributed by atoms with Gasteiger partial charge in [-0.1, -0.05) is 6.07 Å². The fourth-order valence-electron chi connectivity index (χ4n) is 5.14. The Morgan fingerprint density at radius 1 is 0.905 bits per heavy atom. The van der Waals surface area contributed by atoms with Gasteiger partial charge in [-0.25, -0.2) is 0 Å². The van der Waals surface area contributed by atoms with Crippen LogP contribution in [-0.2, 0) is 6.18 Å². The Hall–Kier alpha value is -1.19. The molecule has 21 heavy (non-hydrogen) atoms.